The number of amides is 1. The van der Waals surface area contributed by atoms with E-state index >= 15 is 0 Å². The third-order valence-electron chi connectivity index (χ3n) is 3.98. The molecule has 0 radical (unpaired) electrons. The Morgan fingerprint density at radius 2 is 1.92 bits per heavy atom. The van der Waals surface area contributed by atoms with E-state index in [1.807, 2.05) is 0 Å². The normalized spacial score (nSPS) is 12.0. The van der Waals surface area contributed by atoms with Crippen LogP contribution in [0.1, 0.15) is 15.9 Å². The predicted molar refractivity (Wildman–Crippen MR) is 93.7 cm³/mol. The summed E-state index contributed by atoms with van der Waals surface area (Å²) in [6.07, 6.45) is -1.95. The fourth-order valence-electron chi connectivity index (χ4n) is 2.73. The van der Waals surface area contributed by atoms with E-state index in [2.05, 4.69) is 15.3 Å². The molecule has 0 bridgehead atoms. The lowest BCUT2D eigenvalue weighted by molar-refractivity contribution is -0.136. The summed E-state index contributed by atoms with van der Waals surface area (Å²) in [7, 11) is 0. The third-order valence-corrected chi connectivity index (χ3v) is 4.89. The zero-order valence-corrected chi connectivity index (χ0v) is 13.7. The molecule has 3 heterocycles. The van der Waals surface area contributed by atoms with Crippen molar-refractivity contribution in [2.75, 3.05) is 5.32 Å². The van der Waals surface area contributed by atoms with Crippen molar-refractivity contribution in [3.8, 4) is 0 Å². The SMILES string of the molecule is O=C(Nc1cc2[nH]ccc2cc1C(F)(F)F)c1c[nH]c2ccsc2c1=O. The number of benzene rings is 1. The van der Waals surface area contributed by atoms with E-state index in [0.29, 0.717) is 21.1 Å². The first-order valence-corrected chi connectivity index (χ1v) is 8.31. The van der Waals surface area contributed by atoms with Gasteiger partial charge >= 0.3 is 6.18 Å². The van der Waals surface area contributed by atoms with Crippen LogP contribution in [0.2, 0.25) is 0 Å². The molecule has 0 unspecified atom stereocenters. The van der Waals surface area contributed by atoms with Crippen LogP contribution in [0, 0.1) is 0 Å². The number of carbonyl (C=O) groups is 1. The Bertz CT molecular complexity index is 1200. The molecule has 0 saturated carbocycles. The molecule has 0 atom stereocenters. The van der Waals surface area contributed by atoms with Gasteiger partial charge in [0.2, 0.25) is 5.43 Å². The molecule has 4 aromatic rings. The molecule has 1 amide bonds. The van der Waals surface area contributed by atoms with Crippen molar-refractivity contribution >= 4 is 44.1 Å². The molecule has 0 aliphatic heterocycles. The number of aromatic amines is 2. The van der Waals surface area contributed by atoms with Crippen molar-refractivity contribution in [1.29, 1.82) is 0 Å². The number of hydrogen-bond donors (Lipinski definition) is 3. The van der Waals surface area contributed by atoms with E-state index in [9.17, 15) is 22.8 Å². The number of fused-ring (bicyclic) bond motifs is 2. The third kappa shape index (κ3) is 2.66. The number of H-pyrrole nitrogens is 2. The van der Waals surface area contributed by atoms with Gasteiger partial charge in [0.05, 0.1) is 21.5 Å². The molecule has 0 saturated heterocycles. The van der Waals surface area contributed by atoms with Gasteiger partial charge in [0, 0.05) is 23.3 Å². The summed E-state index contributed by atoms with van der Waals surface area (Å²) in [5.41, 5.74) is -1.16. The first kappa shape index (κ1) is 16.4. The number of halogens is 3. The molecular formula is C17H10F3N3O2S. The molecule has 0 aliphatic rings. The average molecular weight is 377 g/mol. The molecule has 4 rings (SSSR count). The minimum Gasteiger partial charge on any atom is -0.361 e. The van der Waals surface area contributed by atoms with E-state index in [4.69, 9.17) is 0 Å². The van der Waals surface area contributed by atoms with Crippen molar-refractivity contribution in [2.24, 2.45) is 0 Å². The summed E-state index contributed by atoms with van der Waals surface area (Å²) in [6, 6.07) is 5.34. The van der Waals surface area contributed by atoms with Gasteiger partial charge in [0.15, 0.2) is 0 Å². The maximum atomic E-state index is 13.4. The first-order chi connectivity index (χ1) is 12.3. The Labute approximate surface area is 147 Å². The highest BCUT2D eigenvalue weighted by Gasteiger charge is 2.34. The van der Waals surface area contributed by atoms with Crippen molar-refractivity contribution in [2.45, 2.75) is 6.18 Å². The number of anilines is 1. The molecule has 9 heteroatoms. The number of thiophene rings is 1. The molecule has 3 aromatic heterocycles. The Balaban J connectivity index is 1.79. The fourth-order valence-corrected chi connectivity index (χ4v) is 3.54. The second kappa shape index (κ2) is 5.73. The summed E-state index contributed by atoms with van der Waals surface area (Å²) in [5.74, 6) is -0.905. The van der Waals surface area contributed by atoms with E-state index in [1.165, 1.54) is 24.5 Å². The van der Waals surface area contributed by atoms with Crippen LogP contribution in [0.15, 0.2) is 46.8 Å². The second-order valence-electron chi connectivity index (χ2n) is 5.61. The minimum atomic E-state index is -4.65. The van der Waals surface area contributed by atoms with Gasteiger partial charge in [-0.1, -0.05) is 0 Å². The van der Waals surface area contributed by atoms with Crippen molar-refractivity contribution < 1.29 is 18.0 Å². The largest absolute Gasteiger partial charge is 0.418 e. The highest BCUT2D eigenvalue weighted by molar-refractivity contribution is 7.17. The van der Waals surface area contributed by atoms with Gasteiger partial charge in [-0.2, -0.15) is 13.2 Å². The van der Waals surface area contributed by atoms with Crippen LogP contribution in [-0.2, 0) is 6.18 Å². The predicted octanol–water partition coefficient (Wildman–Crippen LogP) is 4.34. The lowest BCUT2D eigenvalue weighted by Crippen LogP contribution is -2.23. The number of carbonyl (C=O) groups excluding carboxylic acids is 1. The van der Waals surface area contributed by atoms with Crippen molar-refractivity contribution in [1.82, 2.24) is 9.97 Å². The Hall–Kier alpha value is -3.07. The minimum absolute atomic E-state index is 0.250. The van der Waals surface area contributed by atoms with E-state index in [-0.39, 0.29) is 5.56 Å². The van der Waals surface area contributed by atoms with Crippen LogP contribution in [0.5, 0.6) is 0 Å². The van der Waals surface area contributed by atoms with Crippen LogP contribution in [-0.4, -0.2) is 15.9 Å². The molecule has 3 N–H and O–H groups in total. The van der Waals surface area contributed by atoms with Gasteiger partial charge in [-0.25, -0.2) is 0 Å². The van der Waals surface area contributed by atoms with Crippen LogP contribution in [0.4, 0.5) is 18.9 Å². The van der Waals surface area contributed by atoms with Gasteiger partial charge in [-0.3, -0.25) is 9.59 Å². The molecule has 0 spiro atoms. The first-order valence-electron chi connectivity index (χ1n) is 7.43. The lowest BCUT2D eigenvalue weighted by atomic mass is 10.1. The standard InChI is InChI=1S/C17H10F3N3O2S/c18-17(19,20)10-5-8-1-3-21-12(8)6-13(10)23-16(25)9-7-22-11-2-4-26-15(11)14(9)24/h1-7,21H,(H,22,24)(H,23,25). The van der Waals surface area contributed by atoms with Gasteiger partial charge in [-0.15, -0.1) is 11.3 Å². The number of aromatic nitrogens is 2. The quantitative estimate of drug-likeness (QED) is 0.486. The fraction of sp³-hybridized carbons (Fsp3) is 0.0588. The average Bonchev–Trinajstić information content (AvgIpc) is 3.21. The van der Waals surface area contributed by atoms with Gasteiger partial charge in [-0.05, 0) is 29.6 Å². The monoisotopic (exact) mass is 377 g/mol. The van der Waals surface area contributed by atoms with Crippen LogP contribution < -0.4 is 10.7 Å². The molecular weight excluding hydrogens is 367 g/mol. The molecule has 26 heavy (non-hydrogen) atoms. The lowest BCUT2D eigenvalue weighted by Gasteiger charge is -2.14. The molecule has 0 fully saturated rings. The van der Waals surface area contributed by atoms with E-state index < -0.39 is 28.8 Å². The van der Waals surface area contributed by atoms with Crippen molar-refractivity contribution in [3.05, 3.63) is 63.4 Å². The van der Waals surface area contributed by atoms with Crippen molar-refractivity contribution in [3.63, 3.8) is 0 Å². The molecule has 0 aliphatic carbocycles. The van der Waals surface area contributed by atoms with Crippen LogP contribution in [0.3, 0.4) is 0 Å². The molecule has 5 nitrogen and oxygen atoms in total. The van der Waals surface area contributed by atoms with E-state index in [1.54, 1.807) is 11.4 Å². The highest BCUT2D eigenvalue weighted by atomic mass is 32.1. The smallest absolute Gasteiger partial charge is 0.361 e. The van der Waals surface area contributed by atoms with Gasteiger partial charge < -0.3 is 15.3 Å². The topological polar surface area (TPSA) is 77.8 Å². The molecule has 1 aromatic carbocycles. The maximum Gasteiger partial charge on any atom is 0.418 e. The summed E-state index contributed by atoms with van der Waals surface area (Å²) in [4.78, 5) is 30.4. The summed E-state index contributed by atoms with van der Waals surface area (Å²) < 4.78 is 40.4. The van der Waals surface area contributed by atoms with Crippen LogP contribution in [0.25, 0.3) is 21.1 Å². The highest BCUT2D eigenvalue weighted by Crippen LogP contribution is 2.37. The number of rotatable bonds is 2. The maximum absolute atomic E-state index is 13.4. The zero-order chi connectivity index (χ0) is 18.5. The Morgan fingerprint density at radius 1 is 1.12 bits per heavy atom. The number of nitrogens with one attached hydrogen (secondary N) is 3. The Morgan fingerprint density at radius 3 is 2.69 bits per heavy atom. The van der Waals surface area contributed by atoms with Crippen LogP contribution >= 0.6 is 11.3 Å². The van der Waals surface area contributed by atoms with Gasteiger partial charge in [0.1, 0.15) is 5.56 Å². The summed E-state index contributed by atoms with van der Waals surface area (Å²) in [5, 5.41) is 4.27. The molecule has 132 valence electrons. The zero-order valence-electron chi connectivity index (χ0n) is 12.9. The summed E-state index contributed by atoms with van der Waals surface area (Å²) >= 11 is 1.15. The number of hydrogen-bond acceptors (Lipinski definition) is 3. The Kier molecular flexibility index (Phi) is 3.62. The van der Waals surface area contributed by atoms with Gasteiger partial charge in [0.25, 0.3) is 5.91 Å². The van der Waals surface area contributed by atoms with E-state index in [0.717, 1.165) is 17.4 Å². The summed E-state index contributed by atoms with van der Waals surface area (Å²) in [6.45, 7) is 0. The number of alkyl halides is 3. The second-order valence-corrected chi connectivity index (χ2v) is 6.53. The number of pyridine rings is 1.